The van der Waals surface area contributed by atoms with E-state index in [2.05, 4.69) is 65.3 Å². The fraction of sp³-hybridized carbons (Fsp3) is 0.200. The zero-order valence-electron chi connectivity index (χ0n) is 10.3. The second kappa shape index (κ2) is 6.41. The molecular weight excluding hydrogens is 306 g/mol. The third-order valence-corrected chi connectivity index (χ3v) is 5.08. The summed E-state index contributed by atoms with van der Waals surface area (Å²) in [5.41, 5.74) is 8.46. The summed E-state index contributed by atoms with van der Waals surface area (Å²) in [4.78, 5) is 1.23. The van der Waals surface area contributed by atoms with Gasteiger partial charge in [-0.25, -0.2) is 0 Å². The Kier molecular flexibility index (Phi) is 4.87. The SMILES string of the molecule is Cc1ccc(C(CN)Sc2ccccc2Br)cc1. The van der Waals surface area contributed by atoms with E-state index in [9.17, 15) is 0 Å². The first-order valence-corrected chi connectivity index (χ1v) is 7.56. The molecule has 2 N–H and O–H groups in total. The van der Waals surface area contributed by atoms with Crippen LogP contribution in [0.5, 0.6) is 0 Å². The van der Waals surface area contributed by atoms with Gasteiger partial charge < -0.3 is 5.73 Å². The second-order valence-corrected chi connectivity index (χ2v) is 6.28. The summed E-state index contributed by atoms with van der Waals surface area (Å²) in [7, 11) is 0. The first-order chi connectivity index (χ1) is 8.70. The van der Waals surface area contributed by atoms with E-state index < -0.39 is 0 Å². The third kappa shape index (κ3) is 3.37. The van der Waals surface area contributed by atoms with Crippen molar-refractivity contribution in [3.8, 4) is 0 Å². The highest BCUT2D eigenvalue weighted by Gasteiger charge is 2.12. The van der Waals surface area contributed by atoms with Crippen LogP contribution in [0.4, 0.5) is 0 Å². The van der Waals surface area contributed by atoms with Gasteiger partial charge in [0.2, 0.25) is 0 Å². The molecule has 94 valence electrons. The molecule has 0 aliphatic carbocycles. The lowest BCUT2D eigenvalue weighted by Crippen LogP contribution is -2.09. The number of thioether (sulfide) groups is 1. The maximum absolute atomic E-state index is 5.90. The van der Waals surface area contributed by atoms with Crippen molar-refractivity contribution in [3.63, 3.8) is 0 Å². The zero-order valence-corrected chi connectivity index (χ0v) is 12.7. The van der Waals surface area contributed by atoms with E-state index in [1.165, 1.54) is 16.0 Å². The molecule has 1 nitrogen and oxygen atoms in total. The first kappa shape index (κ1) is 13.7. The van der Waals surface area contributed by atoms with Crippen molar-refractivity contribution in [1.29, 1.82) is 0 Å². The minimum Gasteiger partial charge on any atom is -0.329 e. The molecule has 2 aromatic rings. The lowest BCUT2D eigenvalue weighted by Gasteiger charge is -2.16. The summed E-state index contributed by atoms with van der Waals surface area (Å²) in [6.07, 6.45) is 0. The second-order valence-electron chi connectivity index (χ2n) is 4.18. The monoisotopic (exact) mass is 321 g/mol. The Morgan fingerprint density at radius 1 is 1.11 bits per heavy atom. The molecule has 2 aromatic carbocycles. The van der Waals surface area contributed by atoms with Gasteiger partial charge in [0.1, 0.15) is 0 Å². The Morgan fingerprint density at radius 3 is 2.39 bits per heavy atom. The number of halogens is 1. The number of nitrogens with two attached hydrogens (primary N) is 1. The van der Waals surface area contributed by atoms with Crippen LogP contribution in [-0.2, 0) is 0 Å². The molecule has 3 heteroatoms. The Balaban J connectivity index is 2.20. The van der Waals surface area contributed by atoms with Gasteiger partial charge in [0.05, 0.1) is 0 Å². The normalized spacial score (nSPS) is 12.4. The number of hydrogen-bond acceptors (Lipinski definition) is 2. The first-order valence-electron chi connectivity index (χ1n) is 5.88. The average molecular weight is 322 g/mol. The molecule has 0 radical (unpaired) electrons. The largest absolute Gasteiger partial charge is 0.329 e. The van der Waals surface area contributed by atoms with Gasteiger partial charge in [0, 0.05) is 21.2 Å². The topological polar surface area (TPSA) is 26.0 Å². The van der Waals surface area contributed by atoms with E-state index in [4.69, 9.17) is 5.73 Å². The van der Waals surface area contributed by atoms with E-state index in [1.54, 1.807) is 11.8 Å². The number of rotatable bonds is 4. The average Bonchev–Trinajstić information content (AvgIpc) is 2.39. The highest BCUT2D eigenvalue weighted by atomic mass is 79.9. The van der Waals surface area contributed by atoms with E-state index in [0.717, 1.165) is 4.47 Å². The number of aryl methyl sites for hydroxylation is 1. The van der Waals surface area contributed by atoms with Gasteiger partial charge in [-0.1, -0.05) is 42.0 Å². The van der Waals surface area contributed by atoms with E-state index in [1.807, 2.05) is 6.07 Å². The number of benzene rings is 2. The summed E-state index contributed by atoms with van der Waals surface area (Å²) in [6.45, 7) is 2.73. The van der Waals surface area contributed by atoms with Crippen molar-refractivity contribution in [2.24, 2.45) is 5.73 Å². The van der Waals surface area contributed by atoms with E-state index >= 15 is 0 Å². The smallest absolute Gasteiger partial charge is 0.0467 e. The molecule has 1 atom stereocenters. The summed E-state index contributed by atoms with van der Waals surface area (Å²) >= 11 is 5.38. The summed E-state index contributed by atoms with van der Waals surface area (Å²) in [6, 6.07) is 16.9. The lowest BCUT2D eigenvalue weighted by molar-refractivity contribution is 0.939. The van der Waals surface area contributed by atoms with Crippen LogP contribution in [0.3, 0.4) is 0 Å². The molecule has 0 aromatic heterocycles. The molecule has 0 saturated carbocycles. The maximum atomic E-state index is 5.90. The van der Waals surface area contributed by atoms with Crippen molar-refractivity contribution < 1.29 is 0 Å². The van der Waals surface area contributed by atoms with Crippen LogP contribution >= 0.6 is 27.7 Å². The summed E-state index contributed by atoms with van der Waals surface area (Å²) in [5, 5.41) is 0.296. The van der Waals surface area contributed by atoms with Crippen LogP contribution in [-0.4, -0.2) is 6.54 Å². The minimum absolute atomic E-state index is 0.296. The molecule has 0 saturated heterocycles. The van der Waals surface area contributed by atoms with Crippen molar-refractivity contribution in [1.82, 2.24) is 0 Å². The Labute approximate surface area is 121 Å². The summed E-state index contributed by atoms with van der Waals surface area (Å²) in [5.74, 6) is 0. The third-order valence-electron chi connectivity index (χ3n) is 2.77. The predicted molar refractivity (Wildman–Crippen MR) is 83.0 cm³/mol. The van der Waals surface area contributed by atoms with Crippen LogP contribution < -0.4 is 5.73 Å². The molecule has 0 aliphatic rings. The van der Waals surface area contributed by atoms with Crippen LogP contribution in [0.25, 0.3) is 0 Å². The van der Waals surface area contributed by atoms with Crippen LogP contribution in [0, 0.1) is 6.92 Å². The van der Waals surface area contributed by atoms with Crippen molar-refractivity contribution in [2.75, 3.05) is 6.54 Å². The van der Waals surface area contributed by atoms with Gasteiger partial charge in [-0.05, 0) is 40.5 Å². The highest BCUT2D eigenvalue weighted by Crippen LogP contribution is 2.38. The van der Waals surface area contributed by atoms with Crippen molar-refractivity contribution in [2.45, 2.75) is 17.1 Å². The molecule has 2 rings (SSSR count). The van der Waals surface area contributed by atoms with Crippen molar-refractivity contribution >= 4 is 27.7 Å². The van der Waals surface area contributed by atoms with Gasteiger partial charge >= 0.3 is 0 Å². The van der Waals surface area contributed by atoms with E-state index in [-0.39, 0.29) is 0 Å². The van der Waals surface area contributed by atoms with E-state index in [0.29, 0.717) is 11.8 Å². The molecule has 0 fully saturated rings. The predicted octanol–water partition coefficient (Wildman–Crippen LogP) is 4.55. The van der Waals surface area contributed by atoms with Gasteiger partial charge in [0.15, 0.2) is 0 Å². The Hall–Kier alpha value is -0.770. The molecular formula is C15H16BrNS. The zero-order chi connectivity index (χ0) is 13.0. The summed E-state index contributed by atoms with van der Waals surface area (Å²) < 4.78 is 1.13. The minimum atomic E-state index is 0.296. The number of hydrogen-bond donors (Lipinski definition) is 1. The molecule has 0 spiro atoms. The maximum Gasteiger partial charge on any atom is 0.0467 e. The van der Waals surface area contributed by atoms with Crippen LogP contribution in [0.1, 0.15) is 16.4 Å². The Bertz CT molecular complexity index is 510. The Morgan fingerprint density at radius 2 is 1.78 bits per heavy atom. The van der Waals surface area contributed by atoms with Gasteiger partial charge in [-0.15, -0.1) is 11.8 Å². The van der Waals surface area contributed by atoms with Gasteiger partial charge in [0.25, 0.3) is 0 Å². The van der Waals surface area contributed by atoms with Gasteiger partial charge in [-0.3, -0.25) is 0 Å². The molecule has 1 unspecified atom stereocenters. The quantitative estimate of drug-likeness (QED) is 0.836. The highest BCUT2D eigenvalue weighted by molar-refractivity contribution is 9.10. The molecule has 0 bridgehead atoms. The van der Waals surface area contributed by atoms with Crippen LogP contribution in [0.2, 0.25) is 0 Å². The van der Waals surface area contributed by atoms with Gasteiger partial charge in [-0.2, -0.15) is 0 Å². The molecule has 0 aliphatic heterocycles. The standard InChI is InChI=1S/C15H16BrNS/c1-11-6-8-12(9-7-11)15(10-17)18-14-5-3-2-4-13(14)16/h2-9,15H,10,17H2,1H3. The van der Waals surface area contributed by atoms with Crippen LogP contribution in [0.15, 0.2) is 57.9 Å². The molecule has 0 amide bonds. The molecule has 18 heavy (non-hydrogen) atoms. The lowest BCUT2D eigenvalue weighted by atomic mass is 10.1. The van der Waals surface area contributed by atoms with Crippen molar-refractivity contribution in [3.05, 3.63) is 64.1 Å². The molecule has 0 heterocycles. The fourth-order valence-electron chi connectivity index (χ4n) is 1.73. The fourth-order valence-corrected chi connectivity index (χ4v) is 3.33.